The number of fused-ring (bicyclic) bond motifs is 1. The van der Waals surface area contributed by atoms with E-state index in [9.17, 15) is 0 Å². The van der Waals surface area contributed by atoms with Crippen molar-refractivity contribution in [1.82, 2.24) is 24.7 Å². The first kappa shape index (κ1) is 18.3. The van der Waals surface area contributed by atoms with Gasteiger partial charge in [0.25, 0.3) is 0 Å². The van der Waals surface area contributed by atoms with E-state index in [0.717, 1.165) is 49.4 Å². The van der Waals surface area contributed by atoms with Crippen molar-refractivity contribution in [3.8, 4) is 0 Å². The summed E-state index contributed by atoms with van der Waals surface area (Å²) in [5.41, 5.74) is 0.870. The fourth-order valence-electron chi connectivity index (χ4n) is 4.84. The summed E-state index contributed by atoms with van der Waals surface area (Å²) in [7, 11) is 0. The van der Waals surface area contributed by atoms with Gasteiger partial charge in [0.2, 0.25) is 0 Å². The molecule has 2 unspecified atom stereocenters. The van der Waals surface area contributed by atoms with Crippen molar-refractivity contribution in [3.63, 3.8) is 0 Å². The standard InChI is InChI=1S/C21H32N6O/c1-15-13-25(14-16(2)28-15)10-7-17-8-11-26(12-9-17)20-6-5-19-22-23-21(18-3-4-18)27(19)24-20/h5-6,15-18H,3-4,7-14H2,1-2H3. The van der Waals surface area contributed by atoms with Crippen LogP contribution >= 0.6 is 0 Å². The topological polar surface area (TPSA) is 58.8 Å². The molecule has 0 amide bonds. The highest BCUT2D eigenvalue weighted by atomic mass is 16.5. The van der Waals surface area contributed by atoms with E-state index in [0.29, 0.717) is 18.1 Å². The van der Waals surface area contributed by atoms with Crippen LogP contribution in [0.15, 0.2) is 12.1 Å². The smallest absolute Gasteiger partial charge is 0.178 e. The second kappa shape index (κ2) is 7.59. The summed E-state index contributed by atoms with van der Waals surface area (Å²) in [6, 6.07) is 4.17. The highest BCUT2D eigenvalue weighted by Gasteiger charge is 2.30. The molecule has 2 saturated heterocycles. The Labute approximate surface area is 167 Å². The molecule has 7 heteroatoms. The lowest BCUT2D eigenvalue weighted by atomic mass is 9.93. The van der Waals surface area contributed by atoms with Crippen LogP contribution in [-0.4, -0.2) is 69.6 Å². The van der Waals surface area contributed by atoms with Gasteiger partial charge in [-0.1, -0.05) is 0 Å². The average Bonchev–Trinajstić information content (AvgIpc) is 3.45. The quantitative estimate of drug-likeness (QED) is 0.790. The van der Waals surface area contributed by atoms with Crippen molar-refractivity contribution >= 4 is 11.5 Å². The van der Waals surface area contributed by atoms with Gasteiger partial charge in [-0.25, -0.2) is 0 Å². The highest BCUT2D eigenvalue weighted by molar-refractivity contribution is 5.46. The summed E-state index contributed by atoms with van der Waals surface area (Å²) >= 11 is 0. The van der Waals surface area contributed by atoms with Crippen molar-refractivity contribution in [2.75, 3.05) is 37.6 Å². The van der Waals surface area contributed by atoms with Crippen LogP contribution in [0.4, 0.5) is 5.82 Å². The van der Waals surface area contributed by atoms with Gasteiger partial charge in [0.1, 0.15) is 5.82 Å². The Morgan fingerprint density at radius 1 is 1.00 bits per heavy atom. The van der Waals surface area contributed by atoms with Crippen molar-refractivity contribution in [2.45, 2.75) is 64.1 Å². The molecule has 0 N–H and O–H groups in total. The number of nitrogens with zero attached hydrogens (tertiary/aromatic N) is 6. The third-order valence-electron chi connectivity index (χ3n) is 6.50. The summed E-state index contributed by atoms with van der Waals surface area (Å²) in [5, 5.41) is 13.5. The van der Waals surface area contributed by atoms with Crippen molar-refractivity contribution in [1.29, 1.82) is 0 Å². The third kappa shape index (κ3) is 3.87. The highest BCUT2D eigenvalue weighted by Crippen LogP contribution is 2.38. The number of piperidine rings is 1. The van der Waals surface area contributed by atoms with Gasteiger partial charge in [-0.3, -0.25) is 4.90 Å². The van der Waals surface area contributed by atoms with Gasteiger partial charge in [-0.15, -0.1) is 15.3 Å². The van der Waals surface area contributed by atoms with E-state index in [1.807, 2.05) is 4.52 Å². The van der Waals surface area contributed by atoms with E-state index >= 15 is 0 Å². The van der Waals surface area contributed by atoms with Crippen LogP contribution in [0, 0.1) is 5.92 Å². The first-order valence-electron chi connectivity index (χ1n) is 11.0. The lowest BCUT2D eigenvalue weighted by Crippen LogP contribution is -2.46. The van der Waals surface area contributed by atoms with Crippen LogP contribution in [0.2, 0.25) is 0 Å². The van der Waals surface area contributed by atoms with E-state index in [4.69, 9.17) is 9.84 Å². The number of anilines is 1. The van der Waals surface area contributed by atoms with E-state index in [-0.39, 0.29) is 0 Å². The van der Waals surface area contributed by atoms with Crippen LogP contribution in [0.25, 0.3) is 5.65 Å². The zero-order valence-corrected chi connectivity index (χ0v) is 17.1. The summed E-state index contributed by atoms with van der Waals surface area (Å²) in [5.74, 6) is 3.50. The van der Waals surface area contributed by atoms with E-state index in [2.05, 4.69) is 46.0 Å². The fourth-order valence-corrected chi connectivity index (χ4v) is 4.84. The third-order valence-corrected chi connectivity index (χ3v) is 6.50. The second-order valence-corrected chi connectivity index (χ2v) is 9.03. The van der Waals surface area contributed by atoms with E-state index in [1.54, 1.807) is 0 Å². The molecular weight excluding hydrogens is 352 g/mol. The van der Waals surface area contributed by atoms with Crippen molar-refractivity contribution < 1.29 is 4.74 Å². The second-order valence-electron chi connectivity index (χ2n) is 9.03. The molecule has 2 atom stereocenters. The molecule has 3 fully saturated rings. The molecule has 0 spiro atoms. The van der Waals surface area contributed by atoms with Gasteiger partial charge < -0.3 is 9.64 Å². The minimum Gasteiger partial charge on any atom is -0.373 e. The lowest BCUT2D eigenvalue weighted by Gasteiger charge is -2.37. The van der Waals surface area contributed by atoms with Crippen LogP contribution in [0.1, 0.15) is 57.7 Å². The molecule has 0 radical (unpaired) electrons. The Morgan fingerprint density at radius 2 is 1.75 bits per heavy atom. The van der Waals surface area contributed by atoms with Gasteiger partial charge >= 0.3 is 0 Å². The molecule has 1 saturated carbocycles. The van der Waals surface area contributed by atoms with Crippen molar-refractivity contribution in [2.24, 2.45) is 5.92 Å². The maximum Gasteiger partial charge on any atom is 0.178 e. The first-order valence-corrected chi connectivity index (χ1v) is 11.0. The predicted octanol–water partition coefficient (Wildman–Crippen LogP) is 2.72. The molecule has 5 rings (SSSR count). The van der Waals surface area contributed by atoms with Gasteiger partial charge in [-0.05, 0) is 70.5 Å². The Balaban J connectivity index is 1.16. The van der Waals surface area contributed by atoms with Crippen LogP contribution in [0.5, 0.6) is 0 Å². The molecule has 2 aromatic heterocycles. The summed E-state index contributed by atoms with van der Waals surface area (Å²) in [4.78, 5) is 5.03. The number of aromatic nitrogens is 4. The SMILES string of the molecule is CC1CN(CCC2CCN(c3ccc4nnc(C5CC5)n4n3)CC2)CC(C)O1. The summed E-state index contributed by atoms with van der Waals surface area (Å²) < 4.78 is 7.83. The molecule has 4 heterocycles. The number of rotatable bonds is 5. The van der Waals surface area contributed by atoms with E-state index in [1.165, 1.54) is 38.6 Å². The molecule has 2 aliphatic heterocycles. The molecule has 28 heavy (non-hydrogen) atoms. The lowest BCUT2D eigenvalue weighted by molar-refractivity contribution is -0.0690. The van der Waals surface area contributed by atoms with Crippen LogP contribution in [-0.2, 0) is 4.74 Å². The Morgan fingerprint density at radius 3 is 2.46 bits per heavy atom. The molecule has 1 aliphatic carbocycles. The largest absolute Gasteiger partial charge is 0.373 e. The van der Waals surface area contributed by atoms with Gasteiger partial charge in [-0.2, -0.15) is 4.52 Å². The van der Waals surface area contributed by atoms with Crippen LogP contribution < -0.4 is 4.90 Å². The molecule has 7 nitrogen and oxygen atoms in total. The molecular formula is C21H32N6O. The minimum atomic E-state index is 0.366. The van der Waals surface area contributed by atoms with Gasteiger partial charge in [0, 0.05) is 32.1 Å². The summed E-state index contributed by atoms with van der Waals surface area (Å²) in [6.45, 7) is 9.94. The molecule has 3 aliphatic rings. The number of ether oxygens (including phenoxy) is 1. The molecule has 0 aromatic carbocycles. The number of hydrogen-bond acceptors (Lipinski definition) is 6. The van der Waals surface area contributed by atoms with Crippen LogP contribution in [0.3, 0.4) is 0 Å². The van der Waals surface area contributed by atoms with Gasteiger partial charge in [0.15, 0.2) is 11.5 Å². The Hall–Kier alpha value is -1.73. The maximum atomic E-state index is 5.86. The Bertz CT molecular complexity index is 800. The summed E-state index contributed by atoms with van der Waals surface area (Å²) in [6.07, 6.45) is 6.99. The molecule has 2 aromatic rings. The number of morpholine rings is 1. The Kier molecular flexibility index (Phi) is 4.97. The maximum absolute atomic E-state index is 5.86. The van der Waals surface area contributed by atoms with Gasteiger partial charge in [0.05, 0.1) is 12.2 Å². The number of hydrogen-bond donors (Lipinski definition) is 0. The minimum absolute atomic E-state index is 0.366. The molecule has 0 bridgehead atoms. The van der Waals surface area contributed by atoms with E-state index < -0.39 is 0 Å². The normalized spacial score (nSPS) is 27.6. The first-order chi connectivity index (χ1) is 13.7. The zero-order chi connectivity index (χ0) is 19.1. The predicted molar refractivity (Wildman–Crippen MR) is 109 cm³/mol. The average molecular weight is 385 g/mol. The fraction of sp³-hybridized carbons (Fsp3) is 0.762. The monoisotopic (exact) mass is 384 g/mol. The zero-order valence-electron chi connectivity index (χ0n) is 17.1. The molecule has 152 valence electrons. The van der Waals surface area contributed by atoms with Crippen molar-refractivity contribution in [3.05, 3.63) is 18.0 Å².